The Balaban J connectivity index is 2.00. The maximum atomic E-state index is 13.5. The van der Waals surface area contributed by atoms with E-state index in [2.05, 4.69) is 4.99 Å². The molecule has 0 saturated carbocycles. The normalized spacial score (nSPS) is 16.1. The second-order valence-electron chi connectivity index (χ2n) is 6.99. The summed E-state index contributed by atoms with van der Waals surface area (Å²) in [5, 5.41) is 0. The molecule has 0 unspecified atom stereocenters. The van der Waals surface area contributed by atoms with E-state index in [1.165, 1.54) is 15.9 Å². The van der Waals surface area contributed by atoms with Crippen LogP contribution in [-0.2, 0) is 9.53 Å². The molecule has 0 amide bonds. The molecular weight excluding hydrogens is 416 g/mol. The number of carbonyl (C=O) groups is 1. The molecule has 160 valence electrons. The van der Waals surface area contributed by atoms with Crippen LogP contribution in [0.4, 0.5) is 0 Å². The number of rotatable bonds is 5. The van der Waals surface area contributed by atoms with Gasteiger partial charge in [0.1, 0.15) is 23.3 Å². The van der Waals surface area contributed by atoms with Crippen molar-refractivity contribution in [3.63, 3.8) is 0 Å². The first-order valence-electron chi connectivity index (χ1n) is 9.83. The zero-order chi connectivity index (χ0) is 22.1. The molecule has 8 heteroatoms. The Labute approximate surface area is 182 Å². The van der Waals surface area contributed by atoms with Gasteiger partial charge in [0.05, 0.1) is 29.5 Å². The van der Waals surface area contributed by atoms with Gasteiger partial charge in [-0.05, 0) is 39.0 Å². The van der Waals surface area contributed by atoms with Crippen LogP contribution in [0, 0.1) is 6.92 Å². The van der Waals surface area contributed by atoms with Gasteiger partial charge in [0.25, 0.3) is 5.56 Å². The summed E-state index contributed by atoms with van der Waals surface area (Å²) >= 11 is 1.25. The van der Waals surface area contributed by atoms with Crippen LogP contribution in [0.15, 0.2) is 61.9 Å². The lowest BCUT2D eigenvalue weighted by Gasteiger charge is -2.25. The number of methoxy groups -OCH3 is 1. The van der Waals surface area contributed by atoms with E-state index in [1.807, 2.05) is 31.2 Å². The van der Waals surface area contributed by atoms with E-state index < -0.39 is 12.0 Å². The fraction of sp³-hybridized carbons (Fsp3) is 0.261. The number of ether oxygens (including phenoxy) is 2. The molecule has 7 nitrogen and oxygen atoms in total. The number of allylic oxidation sites excluding steroid dienone is 1. The van der Waals surface area contributed by atoms with Gasteiger partial charge in [0.15, 0.2) is 4.80 Å². The van der Waals surface area contributed by atoms with E-state index in [1.54, 1.807) is 39.2 Å². The smallest absolute Gasteiger partial charge is 0.338 e. The molecule has 1 aliphatic heterocycles. The summed E-state index contributed by atoms with van der Waals surface area (Å²) in [4.78, 5) is 31.4. The van der Waals surface area contributed by atoms with Gasteiger partial charge in [-0.25, -0.2) is 9.79 Å². The largest absolute Gasteiger partial charge is 0.496 e. The molecule has 0 saturated heterocycles. The number of carbonyl (C=O) groups excluding carboxylic acids is 1. The molecular formula is C23H22N2O5S. The molecule has 31 heavy (non-hydrogen) atoms. The first kappa shape index (κ1) is 20.9. The number of benzene rings is 1. The van der Waals surface area contributed by atoms with Gasteiger partial charge < -0.3 is 13.9 Å². The van der Waals surface area contributed by atoms with Gasteiger partial charge in [-0.3, -0.25) is 9.36 Å². The number of nitrogens with zero attached hydrogens (tertiary/aromatic N) is 2. The predicted molar refractivity (Wildman–Crippen MR) is 117 cm³/mol. The highest BCUT2D eigenvalue weighted by molar-refractivity contribution is 7.07. The number of para-hydroxylation sites is 1. The van der Waals surface area contributed by atoms with Gasteiger partial charge in [0, 0.05) is 11.6 Å². The summed E-state index contributed by atoms with van der Waals surface area (Å²) in [7, 11) is 1.56. The predicted octanol–water partition coefficient (Wildman–Crippen LogP) is 2.71. The van der Waals surface area contributed by atoms with Crippen LogP contribution in [-0.4, -0.2) is 24.3 Å². The van der Waals surface area contributed by atoms with Gasteiger partial charge in [-0.2, -0.15) is 0 Å². The second kappa shape index (κ2) is 8.39. The minimum Gasteiger partial charge on any atom is -0.496 e. The van der Waals surface area contributed by atoms with Crippen molar-refractivity contribution >= 4 is 23.4 Å². The van der Waals surface area contributed by atoms with Crippen molar-refractivity contribution in [1.82, 2.24) is 4.57 Å². The van der Waals surface area contributed by atoms with Crippen LogP contribution in [0.1, 0.15) is 37.0 Å². The molecule has 3 heterocycles. The van der Waals surface area contributed by atoms with Crippen molar-refractivity contribution in [2.45, 2.75) is 26.8 Å². The minimum absolute atomic E-state index is 0.219. The summed E-state index contributed by atoms with van der Waals surface area (Å²) in [5.41, 5.74) is 1.25. The molecule has 0 aliphatic carbocycles. The third-order valence-electron chi connectivity index (χ3n) is 4.99. The highest BCUT2D eigenvalue weighted by Gasteiger charge is 2.34. The maximum Gasteiger partial charge on any atom is 0.338 e. The Morgan fingerprint density at radius 2 is 2.03 bits per heavy atom. The lowest BCUT2D eigenvalue weighted by atomic mass is 9.95. The van der Waals surface area contributed by atoms with Crippen molar-refractivity contribution in [3.05, 3.63) is 84.4 Å². The standard InChI is InChI=1S/C23H22N2O5S/c1-5-29-22(27)19-14(3)24-23-25(20(19)16-8-6-7-9-17(16)28-4)21(26)18(31-23)12-15-11-10-13(2)30-15/h6-12,20H,5H2,1-4H3/b18-12-/t20-/m0/s1. The summed E-state index contributed by atoms with van der Waals surface area (Å²) in [5.74, 6) is 1.40. The molecule has 0 N–H and O–H groups in total. The van der Waals surface area contributed by atoms with Crippen molar-refractivity contribution in [1.29, 1.82) is 0 Å². The van der Waals surface area contributed by atoms with Gasteiger partial charge in [0.2, 0.25) is 0 Å². The van der Waals surface area contributed by atoms with Crippen molar-refractivity contribution in [2.24, 2.45) is 4.99 Å². The quantitative estimate of drug-likeness (QED) is 0.572. The SMILES string of the molecule is CCOC(=O)C1=C(C)N=c2s/c(=C\c3ccc(C)o3)c(=O)n2[C@H]1c1ccccc1OC. The summed E-state index contributed by atoms with van der Waals surface area (Å²) < 4.78 is 18.4. The Morgan fingerprint density at radius 1 is 1.26 bits per heavy atom. The molecule has 1 aliphatic rings. The Morgan fingerprint density at radius 3 is 2.71 bits per heavy atom. The van der Waals surface area contributed by atoms with Crippen LogP contribution >= 0.6 is 11.3 Å². The number of esters is 1. The molecule has 2 aromatic heterocycles. The van der Waals surface area contributed by atoms with E-state index in [0.29, 0.717) is 37.7 Å². The number of furan rings is 1. The van der Waals surface area contributed by atoms with Gasteiger partial charge >= 0.3 is 5.97 Å². The minimum atomic E-state index is -0.716. The summed E-state index contributed by atoms with van der Waals surface area (Å²) in [6.07, 6.45) is 1.69. The van der Waals surface area contributed by atoms with E-state index in [4.69, 9.17) is 13.9 Å². The highest BCUT2D eigenvalue weighted by Crippen LogP contribution is 2.35. The molecule has 0 fully saturated rings. The molecule has 0 bridgehead atoms. The molecule has 1 aromatic carbocycles. The average Bonchev–Trinajstić information content (AvgIpc) is 3.29. The Kier molecular flexibility index (Phi) is 5.65. The van der Waals surface area contributed by atoms with Crippen LogP contribution in [0.3, 0.4) is 0 Å². The van der Waals surface area contributed by atoms with Crippen molar-refractivity contribution in [3.8, 4) is 5.75 Å². The molecule has 4 rings (SSSR count). The first-order chi connectivity index (χ1) is 14.9. The van der Waals surface area contributed by atoms with Crippen LogP contribution in [0.2, 0.25) is 0 Å². The average molecular weight is 439 g/mol. The molecule has 1 atom stereocenters. The fourth-order valence-electron chi connectivity index (χ4n) is 3.64. The maximum absolute atomic E-state index is 13.5. The highest BCUT2D eigenvalue weighted by atomic mass is 32.1. The summed E-state index contributed by atoms with van der Waals surface area (Å²) in [6, 6.07) is 10.3. The van der Waals surface area contributed by atoms with Gasteiger partial charge in [-0.1, -0.05) is 29.5 Å². The Hall–Kier alpha value is -3.39. The number of hydrogen-bond donors (Lipinski definition) is 0. The molecule has 0 radical (unpaired) electrons. The topological polar surface area (TPSA) is 83.0 Å². The van der Waals surface area contributed by atoms with E-state index in [0.717, 1.165) is 5.76 Å². The summed E-state index contributed by atoms with van der Waals surface area (Å²) in [6.45, 7) is 5.56. The first-order valence-corrected chi connectivity index (χ1v) is 10.6. The Bertz CT molecular complexity index is 1360. The molecule has 3 aromatic rings. The van der Waals surface area contributed by atoms with Crippen LogP contribution in [0.25, 0.3) is 6.08 Å². The lowest BCUT2D eigenvalue weighted by Crippen LogP contribution is -2.40. The zero-order valence-electron chi connectivity index (χ0n) is 17.7. The number of thiazole rings is 1. The van der Waals surface area contributed by atoms with Gasteiger partial charge in [-0.15, -0.1) is 0 Å². The van der Waals surface area contributed by atoms with Crippen molar-refractivity contribution < 1.29 is 18.7 Å². The zero-order valence-corrected chi connectivity index (χ0v) is 18.5. The van der Waals surface area contributed by atoms with Crippen molar-refractivity contribution in [2.75, 3.05) is 13.7 Å². The second-order valence-corrected chi connectivity index (χ2v) is 8.00. The number of fused-ring (bicyclic) bond motifs is 1. The van der Waals surface area contributed by atoms with Crippen LogP contribution < -0.4 is 19.6 Å². The lowest BCUT2D eigenvalue weighted by molar-refractivity contribution is -0.139. The third-order valence-corrected chi connectivity index (χ3v) is 5.97. The third kappa shape index (κ3) is 3.74. The number of hydrogen-bond acceptors (Lipinski definition) is 7. The number of aromatic nitrogens is 1. The monoisotopic (exact) mass is 438 g/mol. The fourth-order valence-corrected chi connectivity index (χ4v) is 4.66. The van der Waals surface area contributed by atoms with E-state index >= 15 is 0 Å². The molecule has 0 spiro atoms. The number of aryl methyl sites for hydroxylation is 1. The van der Waals surface area contributed by atoms with E-state index in [9.17, 15) is 9.59 Å². The van der Waals surface area contributed by atoms with E-state index in [-0.39, 0.29) is 12.2 Å². The van der Waals surface area contributed by atoms with Crippen LogP contribution in [0.5, 0.6) is 5.75 Å².